The minimum absolute atomic E-state index is 0.242. The highest BCUT2D eigenvalue weighted by Gasteiger charge is 2.15. The average molecular weight is 297 g/mol. The summed E-state index contributed by atoms with van der Waals surface area (Å²) in [5.74, 6) is 6.27. The van der Waals surface area contributed by atoms with Gasteiger partial charge in [0.1, 0.15) is 11.5 Å². The molecule has 0 atom stereocenters. The van der Waals surface area contributed by atoms with Gasteiger partial charge < -0.3 is 4.42 Å². The molecule has 0 spiro atoms. The second-order valence-electron chi connectivity index (χ2n) is 4.00. The molecular weight excluding hydrogens is 282 g/mol. The molecule has 9 heteroatoms. The van der Waals surface area contributed by atoms with Crippen LogP contribution in [-0.2, 0) is 12.3 Å². The monoisotopic (exact) mass is 297 g/mol. The van der Waals surface area contributed by atoms with E-state index in [-0.39, 0.29) is 5.69 Å². The number of rotatable bonds is 5. The Morgan fingerprint density at radius 1 is 1.65 bits per heavy atom. The molecule has 108 valence electrons. The normalized spacial score (nSPS) is 10.8. The number of carbonyl (C=O) groups excluding carboxylic acids is 1. The van der Waals surface area contributed by atoms with Gasteiger partial charge in [0.2, 0.25) is 0 Å². The molecule has 0 aliphatic carbocycles. The highest BCUT2D eigenvalue weighted by Crippen LogP contribution is 2.23. The lowest BCUT2D eigenvalue weighted by Gasteiger charge is -1.99. The Balaban J connectivity index is 2.11. The van der Waals surface area contributed by atoms with Crippen LogP contribution >= 0.6 is 11.8 Å². The van der Waals surface area contributed by atoms with Crippen molar-refractivity contribution in [3.8, 4) is 0 Å². The van der Waals surface area contributed by atoms with Gasteiger partial charge in [0, 0.05) is 6.54 Å². The van der Waals surface area contributed by atoms with E-state index in [0.29, 0.717) is 34.5 Å². The van der Waals surface area contributed by atoms with Crippen molar-refractivity contribution < 1.29 is 9.21 Å². The highest BCUT2D eigenvalue weighted by atomic mass is 32.2. The molecule has 2 aromatic rings. The molecule has 2 rings (SSSR count). The fourth-order valence-corrected chi connectivity index (χ4v) is 2.64. The van der Waals surface area contributed by atoms with Crippen LogP contribution in [0, 0.1) is 6.92 Å². The van der Waals surface area contributed by atoms with Crippen molar-refractivity contribution in [3.05, 3.63) is 33.6 Å². The maximum atomic E-state index is 11.5. The summed E-state index contributed by atoms with van der Waals surface area (Å²) in [5, 5.41) is 6.90. The van der Waals surface area contributed by atoms with E-state index < -0.39 is 5.91 Å². The van der Waals surface area contributed by atoms with Crippen LogP contribution in [0.4, 0.5) is 0 Å². The van der Waals surface area contributed by atoms with E-state index >= 15 is 0 Å². The number of nitrogens with zero attached hydrogens (tertiary/aromatic N) is 2. The lowest BCUT2D eigenvalue weighted by atomic mass is 10.2. The molecule has 0 aromatic carbocycles. The van der Waals surface area contributed by atoms with Crippen molar-refractivity contribution in [2.75, 3.05) is 0 Å². The van der Waals surface area contributed by atoms with Crippen LogP contribution in [0.25, 0.3) is 0 Å². The molecule has 0 bridgehead atoms. The number of nitrogen functional groups attached to an aromatic ring is 1. The van der Waals surface area contributed by atoms with Crippen LogP contribution in [0.2, 0.25) is 0 Å². The molecule has 0 aliphatic heterocycles. The predicted octanol–water partition coefficient (Wildman–Crippen LogP) is 0.389. The summed E-state index contributed by atoms with van der Waals surface area (Å²) in [7, 11) is 0. The average Bonchev–Trinajstić information content (AvgIpc) is 2.98. The summed E-state index contributed by atoms with van der Waals surface area (Å²) < 4.78 is 7.00. The summed E-state index contributed by atoms with van der Waals surface area (Å²) in [6.07, 6.45) is 0. The minimum Gasteiger partial charge on any atom is -0.465 e. The molecule has 4 N–H and O–H groups in total. The molecule has 0 fully saturated rings. The third-order valence-electron chi connectivity index (χ3n) is 2.73. The molecule has 20 heavy (non-hydrogen) atoms. The molecule has 0 unspecified atom stereocenters. The largest absolute Gasteiger partial charge is 0.465 e. The van der Waals surface area contributed by atoms with Crippen molar-refractivity contribution in [1.82, 2.24) is 20.2 Å². The van der Waals surface area contributed by atoms with Crippen molar-refractivity contribution >= 4 is 17.7 Å². The maximum Gasteiger partial charge on any atom is 0.343 e. The fraction of sp³-hybridized carbons (Fsp3) is 0.364. The van der Waals surface area contributed by atoms with Crippen LogP contribution < -0.4 is 17.0 Å². The Bertz CT molecular complexity index is 672. The van der Waals surface area contributed by atoms with Crippen molar-refractivity contribution in [2.24, 2.45) is 5.84 Å². The summed E-state index contributed by atoms with van der Waals surface area (Å²) >= 11 is 1.35. The number of furan rings is 1. The molecule has 0 saturated carbocycles. The van der Waals surface area contributed by atoms with Crippen molar-refractivity contribution in [2.45, 2.75) is 31.3 Å². The number of thioether (sulfide) groups is 1. The van der Waals surface area contributed by atoms with Crippen LogP contribution in [0.5, 0.6) is 0 Å². The number of hydrazine groups is 1. The Labute approximate surface area is 118 Å². The SMILES string of the molecule is CCn1c(SCc2cc(C(=O)NN)c(C)o2)n[nH]c1=O. The van der Waals surface area contributed by atoms with Gasteiger partial charge in [-0.2, -0.15) is 0 Å². The van der Waals surface area contributed by atoms with Gasteiger partial charge in [0.25, 0.3) is 5.91 Å². The van der Waals surface area contributed by atoms with E-state index in [9.17, 15) is 9.59 Å². The van der Waals surface area contributed by atoms with Gasteiger partial charge in [-0.3, -0.25) is 14.8 Å². The van der Waals surface area contributed by atoms with Gasteiger partial charge in [-0.25, -0.2) is 15.7 Å². The zero-order valence-electron chi connectivity index (χ0n) is 11.1. The first-order chi connectivity index (χ1) is 9.56. The molecule has 2 aromatic heterocycles. The quantitative estimate of drug-likeness (QED) is 0.318. The number of aromatic amines is 1. The molecule has 0 saturated heterocycles. The lowest BCUT2D eigenvalue weighted by Crippen LogP contribution is -2.30. The van der Waals surface area contributed by atoms with Gasteiger partial charge in [-0.15, -0.1) is 5.10 Å². The lowest BCUT2D eigenvalue weighted by molar-refractivity contribution is 0.0952. The van der Waals surface area contributed by atoms with Gasteiger partial charge in [-0.05, 0) is 19.9 Å². The van der Waals surface area contributed by atoms with Crippen LogP contribution in [0.15, 0.2) is 20.4 Å². The number of nitrogens with one attached hydrogen (secondary N) is 2. The highest BCUT2D eigenvalue weighted by molar-refractivity contribution is 7.98. The first kappa shape index (κ1) is 14.4. The standard InChI is InChI=1S/C11H15N5O3S/c1-3-16-10(18)14-15-11(16)20-5-7-4-8(6(2)19-7)9(17)13-12/h4H,3,5,12H2,1-2H3,(H,13,17)(H,14,18). The topological polar surface area (TPSA) is 119 Å². The maximum absolute atomic E-state index is 11.5. The Morgan fingerprint density at radius 3 is 3.05 bits per heavy atom. The van der Waals surface area contributed by atoms with E-state index in [4.69, 9.17) is 10.3 Å². The van der Waals surface area contributed by atoms with Crippen LogP contribution in [0.1, 0.15) is 28.8 Å². The second kappa shape index (κ2) is 5.97. The number of hydrogen-bond acceptors (Lipinski definition) is 6. The van der Waals surface area contributed by atoms with E-state index in [1.54, 1.807) is 13.0 Å². The number of aromatic nitrogens is 3. The van der Waals surface area contributed by atoms with E-state index in [0.717, 1.165) is 0 Å². The second-order valence-corrected chi connectivity index (χ2v) is 4.94. The molecule has 0 aliphatic rings. The molecule has 1 amide bonds. The number of aryl methyl sites for hydroxylation is 1. The Hall–Kier alpha value is -2.00. The minimum atomic E-state index is -0.396. The smallest absolute Gasteiger partial charge is 0.343 e. The number of amides is 1. The Kier molecular flexibility index (Phi) is 4.30. The van der Waals surface area contributed by atoms with Gasteiger partial charge in [-0.1, -0.05) is 11.8 Å². The van der Waals surface area contributed by atoms with Gasteiger partial charge in [0.15, 0.2) is 5.16 Å². The summed E-state index contributed by atoms with van der Waals surface area (Å²) in [5.41, 5.74) is 2.22. The Morgan fingerprint density at radius 2 is 2.40 bits per heavy atom. The molecule has 2 heterocycles. The summed E-state index contributed by atoms with van der Waals surface area (Å²) in [6.45, 7) is 4.09. The number of nitrogens with two attached hydrogens (primary N) is 1. The van der Waals surface area contributed by atoms with Gasteiger partial charge >= 0.3 is 5.69 Å². The zero-order valence-corrected chi connectivity index (χ0v) is 11.9. The summed E-state index contributed by atoms with van der Waals surface area (Å²) in [4.78, 5) is 22.9. The third-order valence-corrected chi connectivity index (χ3v) is 3.73. The van der Waals surface area contributed by atoms with E-state index in [1.807, 2.05) is 6.92 Å². The van der Waals surface area contributed by atoms with Crippen LogP contribution in [-0.4, -0.2) is 20.7 Å². The third kappa shape index (κ3) is 2.78. The predicted molar refractivity (Wildman–Crippen MR) is 73.2 cm³/mol. The summed E-state index contributed by atoms with van der Waals surface area (Å²) in [6, 6.07) is 1.63. The van der Waals surface area contributed by atoms with E-state index in [2.05, 4.69) is 15.6 Å². The zero-order chi connectivity index (χ0) is 14.7. The molecule has 8 nitrogen and oxygen atoms in total. The van der Waals surface area contributed by atoms with Crippen molar-refractivity contribution in [3.63, 3.8) is 0 Å². The number of carbonyl (C=O) groups is 1. The van der Waals surface area contributed by atoms with E-state index in [1.165, 1.54) is 16.3 Å². The number of H-pyrrole nitrogens is 1. The first-order valence-corrected chi connectivity index (χ1v) is 6.93. The van der Waals surface area contributed by atoms with Crippen LogP contribution in [0.3, 0.4) is 0 Å². The van der Waals surface area contributed by atoms with Gasteiger partial charge in [0.05, 0.1) is 11.3 Å². The molecule has 0 radical (unpaired) electrons. The fourth-order valence-electron chi connectivity index (χ4n) is 1.75. The first-order valence-electron chi connectivity index (χ1n) is 5.95. The molecular formula is C11H15N5O3S. The number of hydrogen-bond donors (Lipinski definition) is 3. The van der Waals surface area contributed by atoms with Crippen molar-refractivity contribution in [1.29, 1.82) is 0 Å².